The summed E-state index contributed by atoms with van der Waals surface area (Å²) in [6.45, 7) is 6.29. The predicted molar refractivity (Wildman–Crippen MR) is 113 cm³/mol. The van der Waals surface area contributed by atoms with E-state index < -0.39 is 35.0 Å². The fraction of sp³-hybridized carbons (Fsp3) is 0.364. The fourth-order valence-electron chi connectivity index (χ4n) is 3.11. The number of fused-ring (bicyclic) bond motifs is 1. The normalized spacial score (nSPS) is 10.5. The van der Waals surface area contributed by atoms with Crippen molar-refractivity contribution in [3.05, 3.63) is 45.5 Å². The van der Waals surface area contributed by atoms with E-state index in [1.807, 2.05) is 0 Å². The van der Waals surface area contributed by atoms with Gasteiger partial charge in [-0.05, 0) is 50.6 Å². The first-order chi connectivity index (χ1) is 14.8. The zero-order valence-electron chi connectivity index (χ0n) is 17.7. The molecular formula is C22H23ClO8. The molecule has 0 saturated heterocycles. The number of rotatable bonds is 8. The number of esters is 4. The van der Waals surface area contributed by atoms with E-state index in [4.69, 9.17) is 30.5 Å². The Morgan fingerprint density at radius 1 is 0.613 bits per heavy atom. The summed E-state index contributed by atoms with van der Waals surface area (Å²) in [5.41, 5.74) is -1.31. The van der Waals surface area contributed by atoms with Gasteiger partial charge >= 0.3 is 23.9 Å². The molecule has 0 aliphatic heterocycles. The highest BCUT2D eigenvalue weighted by Gasteiger charge is 2.36. The summed E-state index contributed by atoms with van der Waals surface area (Å²) < 4.78 is 20.5. The second-order valence-corrected chi connectivity index (χ2v) is 6.51. The second-order valence-electron chi connectivity index (χ2n) is 6.07. The Morgan fingerprint density at radius 3 is 1.35 bits per heavy atom. The number of carbonyl (C=O) groups excluding carboxylic acids is 4. The second kappa shape index (κ2) is 10.8. The lowest BCUT2D eigenvalue weighted by molar-refractivity contribution is 0.0446. The molecule has 2 aromatic carbocycles. The van der Waals surface area contributed by atoms with Gasteiger partial charge in [0.15, 0.2) is 0 Å². The van der Waals surface area contributed by atoms with Gasteiger partial charge in [0.05, 0.1) is 48.7 Å². The molecule has 2 aromatic rings. The molecule has 2 rings (SSSR count). The average Bonchev–Trinajstić information content (AvgIpc) is 2.72. The number of benzene rings is 2. The number of hydrogen-bond acceptors (Lipinski definition) is 8. The van der Waals surface area contributed by atoms with Gasteiger partial charge in [-0.1, -0.05) is 17.7 Å². The van der Waals surface area contributed by atoms with Crippen LogP contribution < -0.4 is 0 Å². The maximum atomic E-state index is 12.9. The Bertz CT molecular complexity index is 1030. The molecule has 0 unspecified atom stereocenters. The van der Waals surface area contributed by atoms with Gasteiger partial charge < -0.3 is 18.9 Å². The standard InChI is InChI=1S/C22H23ClO8/c1-5-28-19(24)15-13-10-9-12(23)11-14(13)16(20(25)29-6-2)18(22(27)31-8-4)17(15)21(26)30-7-3/h9-11H,5-8H2,1-4H3. The SMILES string of the molecule is CCOC(=O)c1c(C(=O)OCC)c(C(=O)OCC)c2cc(Cl)ccc2c1C(=O)OCC. The largest absolute Gasteiger partial charge is 0.462 e. The predicted octanol–water partition coefficient (Wildman–Crippen LogP) is 4.20. The van der Waals surface area contributed by atoms with Crippen LogP contribution in [0.15, 0.2) is 18.2 Å². The summed E-state index contributed by atoms with van der Waals surface area (Å²) >= 11 is 6.13. The molecule has 0 spiro atoms. The van der Waals surface area contributed by atoms with Gasteiger partial charge in [0.2, 0.25) is 0 Å². The Hall–Kier alpha value is -3.13. The first-order valence-corrected chi connectivity index (χ1v) is 10.2. The number of hydrogen-bond donors (Lipinski definition) is 0. The smallest absolute Gasteiger partial charge is 0.339 e. The van der Waals surface area contributed by atoms with Crippen LogP contribution >= 0.6 is 11.6 Å². The third-order valence-corrected chi connectivity index (χ3v) is 4.42. The Morgan fingerprint density at radius 2 is 0.968 bits per heavy atom. The minimum atomic E-state index is -0.985. The minimum absolute atomic E-state index is 0.0114. The lowest BCUT2D eigenvalue weighted by atomic mass is 9.88. The molecular weight excluding hydrogens is 428 g/mol. The number of ether oxygens (including phenoxy) is 4. The van der Waals surface area contributed by atoms with Crippen molar-refractivity contribution < 1.29 is 38.1 Å². The Balaban J connectivity index is 3.15. The lowest BCUT2D eigenvalue weighted by Crippen LogP contribution is -2.24. The third kappa shape index (κ3) is 4.96. The fourth-order valence-corrected chi connectivity index (χ4v) is 3.28. The summed E-state index contributed by atoms with van der Waals surface area (Å²) in [7, 11) is 0. The molecule has 0 saturated carbocycles. The van der Waals surface area contributed by atoms with Gasteiger partial charge in [-0.15, -0.1) is 0 Å². The van der Waals surface area contributed by atoms with Crippen LogP contribution in [-0.4, -0.2) is 50.3 Å². The molecule has 0 aromatic heterocycles. The van der Waals surface area contributed by atoms with E-state index in [0.717, 1.165) is 0 Å². The molecule has 0 radical (unpaired) electrons. The average molecular weight is 451 g/mol. The third-order valence-electron chi connectivity index (χ3n) is 4.19. The van der Waals surface area contributed by atoms with Gasteiger partial charge in [-0.3, -0.25) is 0 Å². The Kier molecular flexibility index (Phi) is 8.38. The summed E-state index contributed by atoms with van der Waals surface area (Å²) in [5.74, 6) is -3.70. The molecule has 0 aliphatic rings. The molecule has 0 atom stereocenters. The van der Waals surface area contributed by atoms with Crippen LogP contribution in [0.25, 0.3) is 10.8 Å². The van der Waals surface area contributed by atoms with Gasteiger partial charge in [0, 0.05) is 5.02 Å². The maximum absolute atomic E-state index is 12.9. The molecule has 9 heteroatoms. The van der Waals surface area contributed by atoms with Crippen molar-refractivity contribution in [1.29, 1.82) is 0 Å². The summed E-state index contributed by atoms with van der Waals surface area (Å²) in [6.07, 6.45) is 0. The van der Waals surface area contributed by atoms with E-state index in [2.05, 4.69) is 0 Å². The van der Waals surface area contributed by atoms with Gasteiger partial charge in [-0.25, -0.2) is 19.2 Å². The van der Waals surface area contributed by atoms with E-state index in [1.54, 1.807) is 27.7 Å². The zero-order chi connectivity index (χ0) is 23.1. The van der Waals surface area contributed by atoms with Crippen molar-refractivity contribution in [2.45, 2.75) is 27.7 Å². The van der Waals surface area contributed by atoms with Crippen molar-refractivity contribution in [3.8, 4) is 0 Å². The molecule has 0 fully saturated rings. The van der Waals surface area contributed by atoms with Crippen LogP contribution in [0.4, 0.5) is 0 Å². The molecule has 31 heavy (non-hydrogen) atoms. The minimum Gasteiger partial charge on any atom is -0.462 e. The highest BCUT2D eigenvalue weighted by molar-refractivity contribution is 6.32. The summed E-state index contributed by atoms with van der Waals surface area (Å²) in [5, 5.41) is 0.568. The van der Waals surface area contributed by atoms with Crippen LogP contribution in [0.2, 0.25) is 5.02 Å². The first-order valence-electron chi connectivity index (χ1n) is 9.79. The van der Waals surface area contributed by atoms with Crippen molar-refractivity contribution in [3.63, 3.8) is 0 Å². The highest BCUT2D eigenvalue weighted by Crippen LogP contribution is 2.35. The molecule has 0 bridgehead atoms. The summed E-state index contributed by atoms with van der Waals surface area (Å²) in [4.78, 5) is 51.7. The number of carbonyl (C=O) groups is 4. The van der Waals surface area contributed by atoms with Crippen molar-refractivity contribution in [2.24, 2.45) is 0 Å². The lowest BCUT2D eigenvalue weighted by Gasteiger charge is -2.19. The monoisotopic (exact) mass is 450 g/mol. The van der Waals surface area contributed by atoms with Gasteiger partial charge in [0.25, 0.3) is 0 Å². The van der Waals surface area contributed by atoms with Crippen LogP contribution in [0.5, 0.6) is 0 Å². The zero-order valence-corrected chi connectivity index (χ0v) is 18.5. The summed E-state index contributed by atoms with van der Waals surface area (Å²) in [6, 6.07) is 4.36. The first kappa shape index (κ1) is 24.1. The molecule has 166 valence electrons. The molecule has 0 heterocycles. The van der Waals surface area contributed by atoms with E-state index >= 15 is 0 Å². The topological polar surface area (TPSA) is 105 Å². The van der Waals surface area contributed by atoms with E-state index in [0.29, 0.717) is 0 Å². The van der Waals surface area contributed by atoms with Crippen LogP contribution in [0.1, 0.15) is 69.1 Å². The van der Waals surface area contributed by atoms with Crippen LogP contribution in [0.3, 0.4) is 0 Å². The number of halogens is 1. The molecule has 0 amide bonds. The molecule has 0 aliphatic carbocycles. The van der Waals surface area contributed by atoms with Crippen LogP contribution in [-0.2, 0) is 18.9 Å². The van der Waals surface area contributed by atoms with E-state index in [9.17, 15) is 19.2 Å². The van der Waals surface area contributed by atoms with Crippen molar-refractivity contribution in [1.82, 2.24) is 0 Å². The highest BCUT2D eigenvalue weighted by atomic mass is 35.5. The van der Waals surface area contributed by atoms with E-state index in [1.165, 1.54) is 18.2 Å². The van der Waals surface area contributed by atoms with E-state index in [-0.39, 0.29) is 53.3 Å². The van der Waals surface area contributed by atoms with Crippen molar-refractivity contribution in [2.75, 3.05) is 26.4 Å². The van der Waals surface area contributed by atoms with Gasteiger partial charge in [-0.2, -0.15) is 0 Å². The van der Waals surface area contributed by atoms with Crippen molar-refractivity contribution >= 4 is 46.3 Å². The van der Waals surface area contributed by atoms with Gasteiger partial charge in [0.1, 0.15) is 0 Å². The molecule has 8 nitrogen and oxygen atoms in total. The Labute approximate surface area is 184 Å². The van der Waals surface area contributed by atoms with Crippen LogP contribution in [0, 0.1) is 0 Å². The quantitative estimate of drug-likeness (QED) is 0.435. The maximum Gasteiger partial charge on any atom is 0.339 e. The molecule has 0 N–H and O–H groups in total.